The molecule has 3 aromatic carbocycles. The molecule has 6 atom stereocenters. The maximum absolute atomic E-state index is 15.2. The van der Waals surface area contributed by atoms with Crippen molar-refractivity contribution in [1.82, 2.24) is 9.78 Å². The van der Waals surface area contributed by atoms with Gasteiger partial charge in [0.25, 0.3) is 0 Å². The van der Waals surface area contributed by atoms with Crippen LogP contribution in [0.4, 0.5) is 11.5 Å². The molecule has 56 heavy (non-hydrogen) atoms. The van der Waals surface area contributed by atoms with E-state index < -0.39 is 46.8 Å². The summed E-state index contributed by atoms with van der Waals surface area (Å²) in [6.45, 7) is 5.84. The zero-order valence-electron chi connectivity index (χ0n) is 31.3. The van der Waals surface area contributed by atoms with Crippen LogP contribution in [0.25, 0.3) is 20.7 Å². The number of allylic oxidation sites excluding steroid dienone is 2. The highest BCUT2D eigenvalue weighted by molar-refractivity contribution is 9.10. The van der Waals surface area contributed by atoms with Gasteiger partial charge < -0.3 is 9.84 Å². The number of carbonyl (C=O) groups excluding carboxylic acids is 4. The number of hydrogen-bond donors (Lipinski definition) is 1. The Morgan fingerprint density at radius 1 is 1.00 bits per heavy atom. The van der Waals surface area contributed by atoms with E-state index in [2.05, 4.69) is 15.9 Å². The number of aromatic nitrogens is 2. The molecule has 5 aromatic rings. The first-order chi connectivity index (χ1) is 26.8. The minimum Gasteiger partial charge on any atom is -0.504 e. The number of aromatic hydroxyl groups is 1. The van der Waals surface area contributed by atoms with E-state index in [4.69, 9.17) is 21.4 Å². The van der Waals surface area contributed by atoms with E-state index in [9.17, 15) is 19.5 Å². The Morgan fingerprint density at radius 3 is 2.46 bits per heavy atom. The van der Waals surface area contributed by atoms with E-state index in [1.807, 2.05) is 62.4 Å². The molecule has 1 N–H and O–H groups in total. The zero-order valence-corrected chi connectivity index (χ0v) is 34.5. The van der Waals surface area contributed by atoms with Crippen molar-refractivity contribution in [3.63, 3.8) is 0 Å². The van der Waals surface area contributed by atoms with Gasteiger partial charge in [0.2, 0.25) is 23.6 Å². The number of carbonyl (C=O) groups is 4. The number of hydrogen-bond acceptors (Lipinski definition) is 8. The fourth-order valence-corrected chi connectivity index (χ4v) is 11.7. The fourth-order valence-electron chi connectivity index (χ4n) is 9.90. The van der Waals surface area contributed by atoms with E-state index in [1.54, 1.807) is 48.2 Å². The first-order valence-corrected chi connectivity index (χ1v) is 20.6. The number of aryl methyl sites for hydroxylation is 3. The van der Waals surface area contributed by atoms with Gasteiger partial charge >= 0.3 is 0 Å². The predicted octanol–water partition coefficient (Wildman–Crippen LogP) is 8.74. The molecule has 2 saturated heterocycles. The average molecular weight is 854 g/mol. The molecule has 286 valence electrons. The lowest BCUT2D eigenvalue weighted by molar-refractivity contribution is -0.131. The number of rotatable bonds is 6. The monoisotopic (exact) mass is 852 g/mol. The van der Waals surface area contributed by atoms with E-state index in [0.717, 1.165) is 38.1 Å². The first kappa shape index (κ1) is 36.8. The molecule has 0 spiro atoms. The molecular weight excluding hydrogens is 816 g/mol. The second-order valence-corrected chi connectivity index (χ2v) is 17.9. The Hall–Kier alpha value is -4.78. The van der Waals surface area contributed by atoms with Crippen molar-refractivity contribution in [1.29, 1.82) is 0 Å². The van der Waals surface area contributed by atoms with Gasteiger partial charge in [-0.05, 0) is 98.0 Å². The summed E-state index contributed by atoms with van der Waals surface area (Å²) in [6.07, 6.45) is 3.25. The van der Waals surface area contributed by atoms with Crippen molar-refractivity contribution >= 4 is 84.1 Å². The molecule has 0 bridgehead atoms. The van der Waals surface area contributed by atoms with Crippen molar-refractivity contribution in [2.24, 2.45) is 36.1 Å². The lowest BCUT2D eigenvalue weighted by atomic mass is 9.51. The summed E-state index contributed by atoms with van der Waals surface area (Å²) in [4.78, 5) is 62.3. The number of fused-ring (bicyclic) bond motifs is 5. The molecule has 2 aliphatic heterocycles. The maximum atomic E-state index is 15.2. The topological polar surface area (TPSA) is 122 Å². The van der Waals surface area contributed by atoms with Crippen molar-refractivity contribution in [3.8, 4) is 22.1 Å². The van der Waals surface area contributed by atoms with Crippen LogP contribution in [0.3, 0.4) is 0 Å². The van der Waals surface area contributed by atoms with Gasteiger partial charge in [-0.1, -0.05) is 58.2 Å². The largest absolute Gasteiger partial charge is 0.504 e. The van der Waals surface area contributed by atoms with Crippen LogP contribution in [0.1, 0.15) is 49.3 Å². The van der Waals surface area contributed by atoms with Crippen LogP contribution in [0, 0.1) is 36.0 Å². The summed E-state index contributed by atoms with van der Waals surface area (Å²) in [5, 5.41) is 18.2. The molecule has 10 nitrogen and oxygen atoms in total. The Bertz CT molecular complexity index is 2580. The van der Waals surface area contributed by atoms with E-state index in [1.165, 1.54) is 16.9 Å². The highest BCUT2D eigenvalue weighted by atomic mass is 79.9. The predicted molar refractivity (Wildman–Crippen MR) is 219 cm³/mol. The van der Waals surface area contributed by atoms with E-state index in [-0.39, 0.29) is 36.2 Å². The quantitative estimate of drug-likeness (QED) is 0.134. The average Bonchev–Trinajstić information content (AvgIpc) is 3.85. The molecule has 2 aromatic heterocycles. The standard InChI is InChI=1S/C43H38BrClN4O6S/c1-6-21-7-10-24(11-8-21)48-39(51)26-13-12-25-28(35(26)41(48)53)18-30-40(52)49(42(54)43(30,3)36(25)29-15-22(44)16-32(55-5)37(29)50)34-19-31(46-47(34)4)38-20(2)27-17-23(45)9-14-33(27)56-38/h7-12,14-17,19,26,28,30,35-36,50H,6,13,18H2,1-5H3. The van der Waals surface area contributed by atoms with Crippen LogP contribution in [0.15, 0.2) is 76.8 Å². The van der Waals surface area contributed by atoms with Crippen LogP contribution >= 0.6 is 38.9 Å². The number of nitrogens with zero attached hydrogens (tertiary/aromatic N) is 4. The second-order valence-electron chi connectivity index (χ2n) is 15.4. The normalized spacial score (nSPS) is 25.8. The highest BCUT2D eigenvalue weighted by Crippen LogP contribution is 2.65. The number of methoxy groups -OCH3 is 1. The first-order valence-electron chi connectivity index (χ1n) is 18.6. The molecule has 0 radical (unpaired) electrons. The van der Waals surface area contributed by atoms with Gasteiger partial charge in [0.05, 0.1) is 40.8 Å². The number of phenolic OH excluding ortho intramolecular Hbond substituents is 1. The summed E-state index contributed by atoms with van der Waals surface area (Å²) in [6, 6.07) is 18.4. The third-order valence-electron chi connectivity index (χ3n) is 12.7. The van der Waals surface area contributed by atoms with Crippen molar-refractivity contribution in [3.05, 3.63) is 98.5 Å². The maximum Gasteiger partial charge on any atom is 0.242 e. The molecule has 9 rings (SSSR count). The van der Waals surface area contributed by atoms with Crippen LogP contribution in [0.2, 0.25) is 5.02 Å². The molecule has 4 aliphatic rings. The minimum absolute atomic E-state index is 0.155. The number of imide groups is 2. The van der Waals surface area contributed by atoms with Gasteiger partial charge in [-0.15, -0.1) is 11.3 Å². The summed E-state index contributed by atoms with van der Waals surface area (Å²) >= 11 is 11.5. The lowest BCUT2D eigenvalue weighted by Gasteiger charge is -2.49. The number of benzene rings is 3. The van der Waals surface area contributed by atoms with Gasteiger partial charge in [-0.25, -0.2) is 4.90 Å². The number of thiophene rings is 1. The van der Waals surface area contributed by atoms with E-state index in [0.29, 0.717) is 32.3 Å². The minimum atomic E-state index is -1.38. The summed E-state index contributed by atoms with van der Waals surface area (Å²) < 4.78 is 8.77. The second kappa shape index (κ2) is 13.1. The zero-order chi connectivity index (χ0) is 39.5. The van der Waals surface area contributed by atoms with Gasteiger partial charge in [0.15, 0.2) is 11.5 Å². The number of ether oxygens (including phenoxy) is 1. The SMILES string of the molecule is CCc1ccc(N2C(=O)C3CC=C4C(CC5C(=O)N(c6cc(-c7sc8ccc(Cl)cc8c7C)nn6C)C(=O)C5(C)C4c4cc(Br)cc(OC)c4O)C3C2=O)cc1. The smallest absolute Gasteiger partial charge is 0.242 e. The Kier molecular flexibility index (Phi) is 8.64. The summed E-state index contributed by atoms with van der Waals surface area (Å²) in [7, 11) is 3.16. The summed E-state index contributed by atoms with van der Waals surface area (Å²) in [5.74, 6) is -4.72. The molecular formula is C43H38BrClN4O6S. The summed E-state index contributed by atoms with van der Waals surface area (Å²) in [5.41, 5.74) is 2.99. The van der Waals surface area contributed by atoms with Crippen LogP contribution in [-0.2, 0) is 32.6 Å². The van der Waals surface area contributed by atoms with E-state index >= 15 is 4.79 Å². The molecule has 4 heterocycles. The highest BCUT2D eigenvalue weighted by Gasteiger charge is 2.68. The van der Waals surface area contributed by atoms with Crippen LogP contribution < -0.4 is 14.5 Å². The van der Waals surface area contributed by atoms with Gasteiger partial charge in [-0.3, -0.25) is 28.8 Å². The Labute approximate surface area is 340 Å². The third kappa shape index (κ3) is 5.14. The molecule has 6 unspecified atom stereocenters. The molecule has 3 fully saturated rings. The van der Waals surface area contributed by atoms with Crippen LogP contribution in [0.5, 0.6) is 11.5 Å². The van der Waals surface area contributed by atoms with Crippen LogP contribution in [-0.4, -0.2) is 45.6 Å². The Balaban J connectivity index is 1.17. The number of anilines is 2. The Morgan fingerprint density at radius 2 is 1.75 bits per heavy atom. The molecule has 1 saturated carbocycles. The van der Waals surface area contributed by atoms with Gasteiger partial charge in [0.1, 0.15) is 11.5 Å². The molecule has 2 aliphatic carbocycles. The van der Waals surface area contributed by atoms with Gasteiger partial charge in [0, 0.05) is 38.8 Å². The molecule has 13 heteroatoms. The van der Waals surface area contributed by atoms with Crippen molar-refractivity contribution < 1.29 is 29.0 Å². The lowest BCUT2D eigenvalue weighted by Crippen LogP contribution is -2.49. The number of phenols is 1. The van der Waals surface area contributed by atoms with Gasteiger partial charge in [-0.2, -0.15) is 5.10 Å². The van der Waals surface area contributed by atoms with Crippen molar-refractivity contribution in [2.45, 2.75) is 46.0 Å². The molecule has 4 amide bonds. The number of amides is 4. The number of halogens is 2. The fraction of sp³-hybridized carbons (Fsp3) is 0.326. The third-order valence-corrected chi connectivity index (χ3v) is 14.7. The van der Waals surface area contributed by atoms with Crippen molar-refractivity contribution in [2.75, 3.05) is 16.9 Å².